The quantitative estimate of drug-likeness (QED) is 0.331. The van der Waals surface area contributed by atoms with E-state index in [4.69, 9.17) is 46.4 Å². The van der Waals surface area contributed by atoms with Crippen molar-refractivity contribution < 1.29 is 9.59 Å². The Morgan fingerprint density at radius 1 is 1.03 bits per heavy atom. The van der Waals surface area contributed by atoms with Crippen molar-refractivity contribution in [2.45, 2.75) is 31.6 Å². The summed E-state index contributed by atoms with van der Waals surface area (Å²) in [6.07, 6.45) is 0. The van der Waals surface area contributed by atoms with Crippen LogP contribution in [0.5, 0.6) is 0 Å². The van der Waals surface area contributed by atoms with Crippen LogP contribution < -0.4 is 10.6 Å². The number of halogens is 4. The molecule has 2 amide bonds. The predicted molar refractivity (Wildman–Crippen MR) is 134 cm³/mol. The molecule has 0 radical (unpaired) electrons. The molecule has 3 aromatic rings. The van der Waals surface area contributed by atoms with Crippen molar-refractivity contribution in [1.29, 1.82) is 0 Å². The summed E-state index contributed by atoms with van der Waals surface area (Å²) >= 11 is 25.1. The molecule has 2 N–H and O–H groups in total. The van der Waals surface area contributed by atoms with Crippen LogP contribution in [0.25, 0.3) is 0 Å². The lowest BCUT2D eigenvalue weighted by Crippen LogP contribution is -2.29. The number of nitrogens with zero attached hydrogens (tertiary/aromatic N) is 3. The molecule has 0 bridgehead atoms. The maximum Gasteiger partial charge on any atom is 0.253 e. The lowest BCUT2D eigenvalue weighted by atomic mass is 10.2. The maximum atomic E-state index is 12.6. The minimum absolute atomic E-state index is 0.111. The van der Waals surface area contributed by atoms with Crippen LogP contribution in [0.2, 0.25) is 20.1 Å². The first-order valence-electron chi connectivity index (χ1n) is 9.76. The molecule has 1 heterocycles. The van der Waals surface area contributed by atoms with Crippen LogP contribution in [-0.2, 0) is 11.3 Å². The lowest BCUT2D eigenvalue weighted by Gasteiger charge is -2.15. The molecule has 1 aromatic heterocycles. The maximum absolute atomic E-state index is 12.6. The topological polar surface area (TPSA) is 88.9 Å². The van der Waals surface area contributed by atoms with Crippen molar-refractivity contribution >= 4 is 75.7 Å². The van der Waals surface area contributed by atoms with Gasteiger partial charge in [0, 0.05) is 17.3 Å². The van der Waals surface area contributed by atoms with Gasteiger partial charge >= 0.3 is 0 Å². The second kappa shape index (κ2) is 11.4. The van der Waals surface area contributed by atoms with Crippen molar-refractivity contribution in [3.63, 3.8) is 0 Å². The van der Waals surface area contributed by atoms with E-state index in [2.05, 4.69) is 20.8 Å². The Bertz CT molecular complexity index is 1190. The average Bonchev–Trinajstić information content (AvgIpc) is 3.18. The molecule has 1 atom stereocenters. The summed E-state index contributed by atoms with van der Waals surface area (Å²) in [5.74, 6) is 0.0807. The van der Waals surface area contributed by atoms with Crippen LogP contribution in [0.15, 0.2) is 41.6 Å². The second-order valence-corrected chi connectivity index (χ2v) is 9.47. The van der Waals surface area contributed by atoms with Gasteiger partial charge in [0.15, 0.2) is 11.0 Å². The van der Waals surface area contributed by atoms with Gasteiger partial charge in [0.25, 0.3) is 5.91 Å². The SMILES string of the molecule is CCn1c(SCC(=O)Nc2ccc(Cl)c(Cl)c2)nnc1[C@H](C)NC(=O)c1ccc(Cl)cc1Cl. The number of anilines is 1. The lowest BCUT2D eigenvalue weighted by molar-refractivity contribution is -0.113. The molecule has 12 heteroatoms. The van der Waals surface area contributed by atoms with E-state index in [1.54, 1.807) is 37.3 Å². The van der Waals surface area contributed by atoms with Gasteiger partial charge in [-0.25, -0.2) is 0 Å². The predicted octanol–water partition coefficient (Wildman–Crippen LogP) is 6.13. The highest BCUT2D eigenvalue weighted by molar-refractivity contribution is 7.99. The van der Waals surface area contributed by atoms with E-state index in [-0.39, 0.29) is 22.6 Å². The van der Waals surface area contributed by atoms with E-state index >= 15 is 0 Å². The number of thioether (sulfide) groups is 1. The Labute approximate surface area is 215 Å². The highest BCUT2D eigenvalue weighted by Crippen LogP contribution is 2.26. The molecule has 174 valence electrons. The molecule has 0 aliphatic rings. The zero-order chi connectivity index (χ0) is 24.1. The Kier molecular flexibility index (Phi) is 8.89. The molecule has 0 saturated carbocycles. The summed E-state index contributed by atoms with van der Waals surface area (Å²) in [6.45, 7) is 4.28. The van der Waals surface area contributed by atoms with Gasteiger partial charge in [-0.3, -0.25) is 9.59 Å². The van der Waals surface area contributed by atoms with Gasteiger partial charge in [-0.05, 0) is 50.2 Å². The fourth-order valence-corrected chi connectivity index (χ4v) is 4.54. The van der Waals surface area contributed by atoms with Gasteiger partial charge in [0.05, 0.1) is 32.4 Å². The van der Waals surface area contributed by atoms with E-state index in [1.165, 1.54) is 17.8 Å². The van der Waals surface area contributed by atoms with Crippen molar-refractivity contribution in [3.8, 4) is 0 Å². The van der Waals surface area contributed by atoms with E-state index in [0.29, 0.717) is 43.8 Å². The first-order chi connectivity index (χ1) is 15.7. The number of carbonyl (C=O) groups is 2. The molecule has 0 aliphatic heterocycles. The summed E-state index contributed by atoms with van der Waals surface area (Å²) in [5.41, 5.74) is 0.855. The number of aromatic nitrogens is 3. The molecule has 0 aliphatic carbocycles. The van der Waals surface area contributed by atoms with Gasteiger partial charge in [-0.2, -0.15) is 0 Å². The van der Waals surface area contributed by atoms with Crippen LogP contribution in [0.3, 0.4) is 0 Å². The zero-order valence-electron chi connectivity index (χ0n) is 17.5. The third kappa shape index (κ3) is 6.55. The van der Waals surface area contributed by atoms with Crippen LogP contribution >= 0.6 is 58.2 Å². The third-order valence-electron chi connectivity index (χ3n) is 4.51. The Hall–Kier alpha value is -1.97. The fraction of sp³-hybridized carbons (Fsp3) is 0.238. The largest absolute Gasteiger partial charge is 0.342 e. The first-order valence-corrected chi connectivity index (χ1v) is 12.3. The normalized spacial score (nSPS) is 11.8. The van der Waals surface area contributed by atoms with E-state index in [0.717, 1.165) is 0 Å². The Morgan fingerprint density at radius 3 is 2.45 bits per heavy atom. The number of hydrogen-bond donors (Lipinski definition) is 2. The van der Waals surface area contributed by atoms with Gasteiger partial charge < -0.3 is 15.2 Å². The molecule has 0 spiro atoms. The molecule has 0 fully saturated rings. The number of benzene rings is 2. The van der Waals surface area contributed by atoms with E-state index in [1.807, 2.05) is 11.5 Å². The first kappa shape index (κ1) is 25.6. The summed E-state index contributed by atoms with van der Waals surface area (Å²) < 4.78 is 1.84. The molecule has 33 heavy (non-hydrogen) atoms. The van der Waals surface area contributed by atoms with Gasteiger partial charge in [0.1, 0.15) is 0 Å². The van der Waals surface area contributed by atoms with Crippen molar-refractivity contribution in [2.75, 3.05) is 11.1 Å². The monoisotopic (exact) mass is 545 g/mol. The third-order valence-corrected chi connectivity index (χ3v) is 6.76. The number of rotatable bonds is 8. The van der Waals surface area contributed by atoms with Crippen molar-refractivity contribution in [3.05, 3.63) is 67.9 Å². The number of hydrogen-bond acceptors (Lipinski definition) is 5. The Morgan fingerprint density at radius 2 is 1.79 bits per heavy atom. The smallest absolute Gasteiger partial charge is 0.253 e. The summed E-state index contributed by atoms with van der Waals surface area (Å²) in [7, 11) is 0. The second-order valence-electron chi connectivity index (χ2n) is 6.87. The summed E-state index contributed by atoms with van der Waals surface area (Å²) in [5, 5.41) is 16.1. The molecule has 3 rings (SSSR count). The molecular weight excluding hydrogens is 528 g/mol. The summed E-state index contributed by atoms with van der Waals surface area (Å²) in [6, 6.07) is 9.08. The molecule has 0 unspecified atom stereocenters. The number of carbonyl (C=O) groups excluding carboxylic acids is 2. The van der Waals surface area contributed by atoms with Crippen LogP contribution in [-0.4, -0.2) is 32.3 Å². The molecule has 0 saturated heterocycles. The number of nitrogens with one attached hydrogen (secondary N) is 2. The highest BCUT2D eigenvalue weighted by atomic mass is 35.5. The minimum Gasteiger partial charge on any atom is -0.342 e. The fourth-order valence-electron chi connectivity index (χ4n) is 2.94. The van der Waals surface area contributed by atoms with Gasteiger partial charge in [-0.1, -0.05) is 58.2 Å². The summed E-state index contributed by atoms with van der Waals surface area (Å²) in [4.78, 5) is 25.0. The van der Waals surface area contributed by atoms with Crippen molar-refractivity contribution in [1.82, 2.24) is 20.1 Å². The minimum atomic E-state index is -0.448. The standard InChI is InChI=1S/C21H19Cl4N5O2S/c1-3-30-19(11(2)26-20(32)14-6-4-12(22)8-16(14)24)28-29-21(30)33-10-18(31)27-13-5-7-15(23)17(25)9-13/h4-9,11H,3,10H2,1-2H3,(H,26,32)(H,27,31)/t11-/m0/s1. The van der Waals surface area contributed by atoms with Crippen molar-refractivity contribution in [2.24, 2.45) is 0 Å². The molecular formula is C21H19Cl4N5O2S. The average molecular weight is 547 g/mol. The van der Waals surface area contributed by atoms with Gasteiger partial charge in [0.2, 0.25) is 5.91 Å². The van der Waals surface area contributed by atoms with E-state index < -0.39 is 6.04 Å². The van der Waals surface area contributed by atoms with Crippen LogP contribution in [0.4, 0.5) is 5.69 Å². The zero-order valence-corrected chi connectivity index (χ0v) is 21.4. The highest BCUT2D eigenvalue weighted by Gasteiger charge is 2.21. The molecule has 7 nitrogen and oxygen atoms in total. The van der Waals surface area contributed by atoms with Crippen LogP contribution in [0, 0.1) is 0 Å². The van der Waals surface area contributed by atoms with Crippen LogP contribution in [0.1, 0.15) is 36.1 Å². The molecule has 2 aromatic carbocycles. The Balaban J connectivity index is 1.64. The van der Waals surface area contributed by atoms with Gasteiger partial charge in [-0.15, -0.1) is 10.2 Å². The number of amides is 2. The van der Waals surface area contributed by atoms with E-state index in [9.17, 15) is 9.59 Å².